The number of halogens is 6. The quantitative estimate of drug-likeness (QED) is 0.862. The molecule has 1 aromatic rings. The Bertz CT molecular complexity index is 475. The Kier molecular flexibility index (Phi) is 4.25. The predicted molar refractivity (Wildman–Crippen MR) is 53.2 cm³/mol. The number of aromatic nitrogens is 1. The number of rotatable bonds is 3. The molecule has 0 aromatic carbocycles. The van der Waals surface area contributed by atoms with Gasteiger partial charge in [0.1, 0.15) is 0 Å². The molecule has 9 heteroatoms. The van der Waals surface area contributed by atoms with Crippen LogP contribution >= 0.6 is 15.9 Å². The van der Waals surface area contributed by atoms with Crippen molar-refractivity contribution in [2.75, 3.05) is 0 Å². The first kappa shape index (κ1) is 14.8. The van der Waals surface area contributed by atoms with E-state index in [4.69, 9.17) is 5.11 Å². The van der Waals surface area contributed by atoms with Gasteiger partial charge in [0, 0.05) is 11.8 Å². The molecular formula is C9H5BrF5NO2. The van der Waals surface area contributed by atoms with E-state index >= 15 is 0 Å². The number of carbonyl (C=O) groups is 1. The Morgan fingerprint density at radius 2 is 2.00 bits per heavy atom. The van der Waals surface area contributed by atoms with Gasteiger partial charge in [-0.2, -0.15) is 13.2 Å². The van der Waals surface area contributed by atoms with Crippen molar-refractivity contribution in [1.29, 1.82) is 0 Å². The van der Waals surface area contributed by atoms with Gasteiger partial charge in [0.15, 0.2) is 0 Å². The number of carboxylic acid groups (broad SMARTS) is 1. The highest BCUT2D eigenvalue weighted by molar-refractivity contribution is 9.10. The van der Waals surface area contributed by atoms with Crippen molar-refractivity contribution >= 4 is 21.9 Å². The van der Waals surface area contributed by atoms with Crippen LogP contribution < -0.4 is 0 Å². The van der Waals surface area contributed by atoms with Crippen molar-refractivity contribution in [3.05, 3.63) is 27.5 Å². The van der Waals surface area contributed by atoms with Gasteiger partial charge in [0.05, 0.1) is 22.2 Å². The first-order chi connectivity index (χ1) is 8.14. The van der Waals surface area contributed by atoms with Crippen LogP contribution in [0.4, 0.5) is 22.0 Å². The van der Waals surface area contributed by atoms with Crippen LogP contribution in [0, 0.1) is 0 Å². The van der Waals surface area contributed by atoms with Gasteiger partial charge in [-0.15, -0.1) is 0 Å². The third-order valence-corrected chi connectivity index (χ3v) is 2.81. The topological polar surface area (TPSA) is 50.2 Å². The minimum absolute atomic E-state index is 0.344. The fourth-order valence-corrected chi connectivity index (χ4v) is 1.96. The Hall–Kier alpha value is -1.25. The van der Waals surface area contributed by atoms with Gasteiger partial charge in [-0.1, -0.05) is 0 Å². The first-order valence-corrected chi connectivity index (χ1v) is 5.18. The van der Waals surface area contributed by atoms with Gasteiger partial charge in [0.2, 0.25) is 0 Å². The number of hydrogen-bond donors (Lipinski definition) is 1. The summed E-state index contributed by atoms with van der Waals surface area (Å²) in [5.41, 5.74) is -3.34. The van der Waals surface area contributed by atoms with Crippen LogP contribution in [0.3, 0.4) is 0 Å². The highest BCUT2D eigenvalue weighted by atomic mass is 79.9. The molecule has 1 heterocycles. The highest BCUT2D eigenvalue weighted by Crippen LogP contribution is 2.41. The number of pyridine rings is 1. The molecule has 0 fully saturated rings. The Labute approximate surface area is 106 Å². The van der Waals surface area contributed by atoms with Gasteiger partial charge in [-0.05, 0) is 15.9 Å². The molecule has 0 atom stereocenters. The molecule has 0 bridgehead atoms. The zero-order valence-electron chi connectivity index (χ0n) is 8.43. The molecule has 0 aliphatic rings. The molecule has 0 saturated carbocycles. The lowest BCUT2D eigenvalue weighted by Crippen LogP contribution is -2.15. The maximum Gasteiger partial charge on any atom is 0.418 e. The molecule has 3 nitrogen and oxygen atoms in total. The monoisotopic (exact) mass is 333 g/mol. The van der Waals surface area contributed by atoms with Crippen LogP contribution in [0.15, 0.2) is 10.7 Å². The summed E-state index contributed by atoms with van der Waals surface area (Å²) in [6, 6.07) is 0. The molecule has 0 amide bonds. The van der Waals surface area contributed by atoms with Crippen LogP contribution in [-0.2, 0) is 17.4 Å². The van der Waals surface area contributed by atoms with Gasteiger partial charge >= 0.3 is 12.1 Å². The minimum Gasteiger partial charge on any atom is -0.481 e. The van der Waals surface area contributed by atoms with Crippen LogP contribution in [0.2, 0.25) is 0 Å². The predicted octanol–water partition coefficient (Wildman–Crippen LogP) is 3.43. The first-order valence-electron chi connectivity index (χ1n) is 4.39. The van der Waals surface area contributed by atoms with E-state index in [9.17, 15) is 26.7 Å². The lowest BCUT2D eigenvalue weighted by atomic mass is 10.1. The molecule has 0 unspecified atom stereocenters. The molecule has 18 heavy (non-hydrogen) atoms. The SMILES string of the molecule is O=C(O)Cc1ncc(C(F)F)c(C(F)(F)F)c1Br. The summed E-state index contributed by atoms with van der Waals surface area (Å²) < 4.78 is 62.1. The van der Waals surface area contributed by atoms with Gasteiger partial charge < -0.3 is 5.11 Å². The van der Waals surface area contributed by atoms with E-state index in [-0.39, 0.29) is 0 Å². The van der Waals surface area contributed by atoms with E-state index in [0.717, 1.165) is 0 Å². The van der Waals surface area contributed by atoms with E-state index < -0.39 is 46.3 Å². The number of hydrogen-bond acceptors (Lipinski definition) is 2. The second kappa shape index (κ2) is 5.17. The van der Waals surface area contributed by atoms with Crippen molar-refractivity contribution in [3.63, 3.8) is 0 Å². The third-order valence-electron chi connectivity index (χ3n) is 1.96. The molecule has 1 rings (SSSR count). The second-order valence-electron chi connectivity index (χ2n) is 3.22. The summed E-state index contributed by atoms with van der Waals surface area (Å²) in [7, 11) is 0. The molecule has 1 N–H and O–H groups in total. The standard InChI is InChI=1S/C9H5BrF5NO2/c10-7-4(1-5(17)18)16-2-3(8(11)12)6(7)9(13,14)15/h2,8H,1H2,(H,17,18). The molecule has 0 saturated heterocycles. The second-order valence-corrected chi connectivity index (χ2v) is 4.01. The number of nitrogens with zero attached hydrogens (tertiary/aromatic N) is 1. The lowest BCUT2D eigenvalue weighted by molar-refractivity contribution is -0.141. The number of alkyl halides is 5. The van der Waals surface area contributed by atoms with Crippen molar-refractivity contribution in [2.24, 2.45) is 0 Å². The van der Waals surface area contributed by atoms with Crippen LogP contribution in [0.5, 0.6) is 0 Å². The average molecular weight is 334 g/mol. The van der Waals surface area contributed by atoms with Crippen LogP contribution in [0.25, 0.3) is 0 Å². The van der Waals surface area contributed by atoms with Crippen molar-refractivity contribution < 1.29 is 31.9 Å². The van der Waals surface area contributed by atoms with E-state index in [2.05, 4.69) is 20.9 Å². The van der Waals surface area contributed by atoms with E-state index in [0.29, 0.717) is 6.20 Å². The van der Waals surface area contributed by atoms with Crippen molar-refractivity contribution in [2.45, 2.75) is 19.0 Å². The van der Waals surface area contributed by atoms with Gasteiger partial charge in [-0.25, -0.2) is 8.78 Å². The zero-order valence-corrected chi connectivity index (χ0v) is 10.0. The van der Waals surface area contributed by atoms with E-state index in [1.54, 1.807) is 0 Å². The summed E-state index contributed by atoms with van der Waals surface area (Å²) in [5.74, 6) is -1.42. The smallest absolute Gasteiger partial charge is 0.418 e. The molecule has 100 valence electrons. The van der Waals surface area contributed by atoms with Gasteiger partial charge in [-0.3, -0.25) is 9.78 Å². The molecule has 0 aliphatic heterocycles. The summed E-state index contributed by atoms with van der Waals surface area (Å²) in [6.07, 6.45) is -8.84. The van der Waals surface area contributed by atoms with E-state index in [1.807, 2.05) is 0 Å². The fourth-order valence-electron chi connectivity index (χ4n) is 1.26. The lowest BCUT2D eigenvalue weighted by Gasteiger charge is -2.15. The summed E-state index contributed by atoms with van der Waals surface area (Å²) in [6.45, 7) is 0. The molecule has 0 radical (unpaired) electrons. The number of aliphatic carboxylic acids is 1. The van der Waals surface area contributed by atoms with Gasteiger partial charge in [0.25, 0.3) is 6.43 Å². The maximum absolute atomic E-state index is 12.6. The van der Waals surface area contributed by atoms with Crippen LogP contribution in [-0.4, -0.2) is 16.1 Å². The zero-order chi connectivity index (χ0) is 14.1. The summed E-state index contributed by atoms with van der Waals surface area (Å²) in [4.78, 5) is 13.7. The Morgan fingerprint density at radius 3 is 2.39 bits per heavy atom. The Balaban J connectivity index is 3.45. The Morgan fingerprint density at radius 1 is 1.44 bits per heavy atom. The number of carboxylic acids is 1. The third kappa shape index (κ3) is 3.15. The average Bonchev–Trinajstić information content (AvgIpc) is 2.17. The summed E-state index contributed by atoms with van der Waals surface area (Å²) >= 11 is 2.49. The minimum atomic E-state index is -5.03. The maximum atomic E-state index is 12.6. The highest BCUT2D eigenvalue weighted by Gasteiger charge is 2.39. The summed E-state index contributed by atoms with van der Waals surface area (Å²) in [5, 5.41) is 8.47. The fraction of sp³-hybridized carbons (Fsp3) is 0.333. The largest absolute Gasteiger partial charge is 0.481 e. The van der Waals surface area contributed by atoms with E-state index in [1.165, 1.54) is 0 Å². The van der Waals surface area contributed by atoms with Crippen molar-refractivity contribution in [1.82, 2.24) is 4.98 Å². The molecule has 0 aliphatic carbocycles. The normalized spacial score (nSPS) is 11.9. The molecule has 1 aromatic heterocycles. The molecule has 0 spiro atoms. The van der Waals surface area contributed by atoms with Crippen LogP contribution in [0.1, 0.15) is 23.2 Å². The molecular weight excluding hydrogens is 329 g/mol. The van der Waals surface area contributed by atoms with Crippen molar-refractivity contribution in [3.8, 4) is 0 Å².